The lowest BCUT2D eigenvalue weighted by Gasteiger charge is -2.37. The van der Waals surface area contributed by atoms with Gasteiger partial charge in [0, 0.05) is 31.2 Å². The lowest BCUT2D eigenvalue weighted by molar-refractivity contribution is -0.136. The van der Waals surface area contributed by atoms with Crippen molar-refractivity contribution >= 4 is 41.7 Å². The molecule has 1 unspecified atom stereocenters. The molecule has 0 aromatic heterocycles. The van der Waals surface area contributed by atoms with Crippen molar-refractivity contribution in [1.29, 1.82) is 0 Å². The number of fused-ring (bicyclic) bond motifs is 1. The molecule has 2 aliphatic heterocycles. The number of halogens is 1. The maximum atomic E-state index is 12.9. The number of piperidine rings is 1. The third-order valence-electron chi connectivity index (χ3n) is 6.11. The van der Waals surface area contributed by atoms with E-state index in [4.69, 9.17) is 5.73 Å². The van der Waals surface area contributed by atoms with E-state index in [0.29, 0.717) is 11.1 Å². The highest BCUT2D eigenvalue weighted by Gasteiger charge is 2.44. The fourth-order valence-corrected chi connectivity index (χ4v) is 4.49. The van der Waals surface area contributed by atoms with E-state index in [-0.39, 0.29) is 43.2 Å². The summed E-state index contributed by atoms with van der Waals surface area (Å²) in [5.41, 5.74) is 7.70. The summed E-state index contributed by atoms with van der Waals surface area (Å²) < 4.78 is 0. The molecule has 3 atom stereocenters. The number of hydrogen-bond donors (Lipinski definition) is 2. The van der Waals surface area contributed by atoms with E-state index < -0.39 is 23.8 Å². The largest absolute Gasteiger partial charge is 0.370 e. The number of nitrogens with one attached hydrogen (secondary N) is 1. The first-order valence-corrected chi connectivity index (χ1v) is 9.72. The third-order valence-corrected chi connectivity index (χ3v) is 6.11. The molecule has 2 fully saturated rings. The highest BCUT2D eigenvalue weighted by molar-refractivity contribution is 6.23. The number of anilines is 1. The summed E-state index contributed by atoms with van der Waals surface area (Å²) >= 11 is 0. The molecule has 0 spiro atoms. The van der Waals surface area contributed by atoms with Gasteiger partial charge in [0.25, 0.3) is 11.8 Å². The number of likely N-dealkylation sites (N-methyl/N-ethyl adjacent to an activating group) is 1. The van der Waals surface area contributed by atoms with Crippen molar-refractivity contribution in [2.45, 2.75) is 56.7 Å². The normalized spacial score (nSPS) is 26.7. The van der Waals surface area contributed by atoms with Gasteiger partial charge in [-0.05, 0) is 37.5 Å². The Hall–Kier alpha value is -2.45. The molecule has 29 heavy (non-hydrogen) atoms. The van der Waals surface area contributed by atoms with Gasteiger partial charge in [0.15, 0.2) is 0 Å². The Bertz CT molecular complexity index is 874. The van der Waals surface area contributed by atoms with Gasteiger partial charge < -0.3 is 10.6 Å². The fraction of sp³-hybridized carbons (Fsp3) is 0.500. The van der Waals surface area contributed by atoms with Gasteiger partial charge in [-0.3, -0.25) is 29.4 Å². The molecular formula is C20H25ClN4O4. The maximum absolute atomic E-state index is 12.9. The minimum atomic E-state index is -0.946. The van der Waals surface area contributed by atoms with Crippen molar-refractivity contribution in [3.05, 3.63) is 29.3 Å². The molecule has 156 valence electrons. The zero-order valence-electron chi connectivity index (χ0n) is 16.2. The molecule has 0 radical (unpaired) electrons. The summed E-state index contributed by atoms with van der Waals surface area (Å²) in [7, 11) is 1.96. The van der Waals surface area contributed by atoms with E-state index in [1.165, 1.54) is 0 Å². The molecule has 3 aliphatic rings. The van der Waals surface area contributed by atoms with Crippen LogP contribution < -0.4 is 16.0 Å². The van der Waals surface area contributed by atoms with E-state index in [1.54, 1.807) is 12.1 Å². The second kappa shape index (κ2) is 8.12. The van der Waals surface area contributed by atoms with Gasteiger partial charge in [0.2, 0.25) is 11.8 Å². The molecular weight excluding hydrogens is 396 g/mol. The topological polar surface area (TPSA) is 113 Å². The Morgan fingerprint density at radius 3 is 2.41 bits per heavy atom. The van der Waals surface area contributed by atoms with Crippen molar-refractivity contribution in [3.8, 4) is 0 Å². The van der Waals surface area contributed by atoms with Crippen LogP contribution in [0.15, 0.2) is 18.2 Å². The molecule has 1 aliphatic carbocycles. The molecule has 4 rings (SSSR count). The van der Waals surface area contributed by atoms with Crippen LogP contribution in [-0.2, 0) is 9.59 Å². The van der Waals surface area contributed by atoms with Crippen LogP contribution in [0.25, 0.3) is 0 Å². The second-order valence-electron chi connectivity index (χ2n) is 7.80. The minimum absolute atomic E-state index is 0. The van der Waals surface area contributed by atoms with Crippen LogP contribution in [0, 0.1) is 0 Å². The molecule has 9 heteroatoms. The van der Waals surface area contributed by atoms with Gasteiger partial charge in [0.1, 0.15) is 6.04 Å². The number of rotatable bonds is 3. The van der Waals surface area contributed by atoms with Crippen molar-refractivity contribution in [1.82, 2.24) is 10.2 Å². The zero-order chi connectivity index (χ0) is 20.0. The maximum Gasteiger partial charge on any atom is 0.262 e. The van der Waals surface area contributed by atoms with Crippen LogP contribution in [0.1, 0.15) is 59.2 Å². The van der Waals surface area contributed by atoms with Crippen LogP contribution in [0.3, 0.4) is 0 Å². The van der Waals surface area contributed by atoms with Gasteiger partial charge in [-0.1, -0.05) is 12.8 Å². The highest BCUT2D eigenvalue weighted by Crippen LogP contribution is 2.32. The average Bonchev–Trinajstić information content (AvgIpc) is 2.92. The van der Waals surface area contributed by atoms with Gasteiger partial charge in [-0.15, -0.1) is 12.4 Å². The summed E-state index contributed by atoms with van der Waals surface area (Å²) in [5, 5.41) is 2.21. The smallest absolute Gasteiger partial charge is 0.262 e. The molecule has 1 saturated heterocycles. The molecule has 2 heterocycles. The van der Waals surface area contributed by atoms with Crippen molar-refractivity contribution in [2.75, 3.05) is 11.9 Å². The predicted octanol–water partition coefficient (Wildman–Crippen LogP) is 1.22. The van der Waals surface area contributed by atoms with Crippen LogP contribution in [-0.4, -0.2) is 53.7 Å². The number of carbonyl (C=O) groups is 4. The van der Waals surface area contributed by atoms with Gasteiger partial charge in [0.05, 0.1) is 11.1 Å². The molecule has 3 N–H and O–H groups in total. The number of imide groups is 2. The second-order valence-corrected chi connectivity index (χ2v) is 7.80. The number of nitrogens with zero attached hydrogens (tertiary/aromatic N) is 2. The van der Waals surface area contributed by atoms with Crippen molar-refractivity contribution in [3.63, 3.8) is 0 Å². The van der Waals surface area contributed by atoms with Gasteiger partial charge >= 0.3 is 0 Å². The molecule has 0 bridgehead atoms. The van der Waals surface area contributed by atoms with E-state index in [1.807, 2.05) is 13.1 Å². The Balaban J connectivity index is 0.00000240. The van der Waals surface area contributed by atoms with E-state index in [0.717, 1.165) is 36.3 Å². The Kier molecular flexibility index (Phi) is 5.95. The SMILES string of the molecule is CN(c1ccc2c(c1)C(=O)N(C1CCC(=O)NC1=O)C2=O)[C@H]1CCCC[C@@H]1N.Cl. The van der Waals surface area contributed by atoms with E-state index >= 15 is 0 Å². The summed E-state index contributed by atoms with van der Waals surface area (Å²) in [4.78, 5) is 52.3. The Labute approximate surface area is 175 Å². The number of amides is 4. The molecule has 1 aromatic carbocycles. The summed E-state index contributed by atoms with van der Waals surface area (Å²) in [6, 6.07) is 4.48. The number of benzene rings is 1. The van der Waals surface area contributed by atoms with Crippen LogP contribution in [0.5, 0.6) is 0 Å². The van der Waals surface area contributed by atoms with Crippen molar-refractivity contribution < 1.29 is 19.2 Å². The van der Waals surface area contributed by atoms with Crippen molar-refractivity contribution in [2.24, 2.45) is 5.73 Å². The lowest BCUT2D eigenvalue weighted by atomic mass is 9.89. The minimum Gasteiger partial charge on any atom is -0.370 e. The third kappa shape index (κ3) is 3.62. The number of nitrogens with two attached hydrogens (primary N) is 1. The Morgan fingerprint density at radius 2 is 1.72 bits per heavy atom. The lowest BCUT2D eigenvalue weighted by Crippen LogP contribution is -2.54. The highest BCUT2D eigenvalue weighted by atomic mass is 35.5. The van der Waals surface area contributed by atoms with Gasteiger partial charge in [-0.2, -0.15) is 0 Å². The molecule has 8 nitrogen and oxygen atoms in total. The average molecular weight is 421 g/mol. The summed E-state index contributed by atoms with van der Waals surface area (Å²) in [6.45, 7) is 0. The van der Waals surface area contributed by atoms with E-state index in [9.17, 15) is 19.2 Å². The standard InChI is InChI=1S/C20H24N4O4.ClH/c1-23(15-5-3-2-4-14(15)21)11-6-7-12-13(10-11)20(28)24(19(12)27)16-8-9-17(25)22-18(16)26;/h6-7,10,14-16H,2-5,8-9,21H2,1H3,(H,22,25,26);1H/t14-,15-,16?;/m0./s1. The first kappa shape index (κ1) is 21.3. The Morgan fingerprint density at radius 1 is 1.03 bits per heavy atom. The molecule has 1 aromatic rings. The predicted molar refractivity (Wildman–Crippen MR) is 109 cm³/mol. The summed E-state index contributed by atoms with van der Waals surface area (Å²) in [5.74, 6) is -1.96. The number of carbonyl (C=O) groups excluding carboxylic acids is 4. The number of hydrogen-bond acceptors (Lipinski definition) is 6. The first-order valence-electron chi connectivity index (χ1n) is 9.72. The van der Waals surface area contributed by atoms with Crippen LogP contribution >= 0.6 is 12.4 Å². The fourth-order valence-electron chi connectivity index (χ4n) is 4.49. The van der Waals surface area contributed by atoms with E-state index in [2.05, 4.69) is 10.2 Å². The quantitative estimate of drug-likeness (QED) is 0.711. The van der Waals surface area contributed by atoms with Gasteiger partial charge in [-0.25, -0.2) is 0 Å². The summed E-state index contributed by atoms with van der Waals surface area (Å²) in [6.07, 6.45) is 4.47. The first-order chi connectivity index (χ1) is 13.4. The molecule has 1 saturated carbocycles. The van der Waals surface area contributed by atoms with Crippen LogP contribution in [0.4, 0.5) is 5.69 Å². The van der Waals surface area contributed by atoms with Crippen LogP contribution in [0.2, 0.25) is 0 Å². The monoisotopic (exact) mass is 420 g/mol. The zero-order valence-corrected chi connectivity index (χ0v) is 17.0. The molecule has 4 amide bonds.